The molecule has 0 bridgehead atoms. The van der Waals surface area contributed by atoms with E-state index in [-0.39, 0.29) is 0 Å². The highest BCUT2D eigenvalue weighted by atomic mass is 16.5. The van der Waals surface area contributed by atoms with Gasteiger partial charge in [-0.15, -0.1) is 0 Å². The molecule has 1 saturated heterocycles. The van der Waals surface area contributed by atoms with Crippen LogP contribution in [0.25, 0.3) is 5.52 Å². The largest absolute Gasteiger partial charge is 0.381 e. The Kier molecular flexibility index (Phi) is 3.37. The summed E-state index contributed by atoms with van der Waals surface area (Å²) < 4.78 is 7.48. The summed E-state index contributed by atoms with van der Waals surface area (Å²) in [5.41, 5.74) is 4.16. The molecule has 0 spiro atoms. The highest BCUT2D eigenvalue weighted by Gasteiger charge is 2.29. The average molecular weight is 337 g/mol. The number of aromatic nitrogens is 6. The number of aryl methyl sites for hydroxylation is 1. The topological polar surface area (TPSA) is 81.3 Å². The number of fused-ring (bicyclic) bond motifs is 2. The molecule has 5 rings (SSSR count). The molecule has 0 amide bonds. The van der Waals surface area contributed by atoms with Crippen LogP contribution in [0.5, 0.6) is 0 Å². The fourth-order valence-electron chi connectivity index (χ4n) is 3.77. The van der Waals surface area contributed by atoms with E-state index in [9.17, 15) is 0 Å². The normalized spacial score (nSPS) is 20.2. The monoisotopic (exact) mass is 337 g/mol. The minimum atomic E-state index is 0.310. The zero-order chi connectivity index (χ0) is 16.8. The molecule has 0 radical (unpaired) electrons. The molecule has 1 unspecified atom stereocenters. The smallest absolute Gasteiger partial charge is 0.158 e. The number of anilines is 1. The third-order valence-corrected chi connectivity index (χ3v) is 5.04. The van der Waals surface area contributed by atoms with Crippen molar-refractivity contribution in [2.45, 2.75) is 32.2 Å². The van der Waals surface area contributed by atoms with Crippen LogP contribution in [0.1, 0.15) is 35.2 Å². The first kappa shape index (κ1) is 14.7. The van der Waals surface area contributed by atoms with Crippen LogP contribution in [0, 0.1) is 6.92 Å². The second-order valence-electron chi connectivity index (χ2n) is 6.57. The number of ether oxygens (including phenoxy) is 1. The van der Waals surface area contributed by atoms with Crippen LogP contribution in [-0.2, 0) is 17.7 Å². The summed E-state index contributed by atoms with van der Waals surface area (Å²) in [5.74, 6) is 2.12. The maximum atomic E-state index is 5.58. The SMILES string of the molecule is Cc1nc(C2CCOC2)c2c(N3CCc4nccnc4C3)ncnn12. The molecule has 2 aliphatic rings. The summed E-state index contributed by atoms with van der Waals surface area (Å²) in [4.78, 5) is 20.6. The molecule has 0 aromatic carbocycles. The number of hydrogen-bond donors (Lipinski definition) is 0. The fraction of sp³-hybridized carbons (Fsp3) is 0.471. The zero-order valence-electron chi connectivity index (χ0n) is 14.1. The van der Waals surface area contributed by atoms with Gasteiger partial charge in [0.2, 0.25) is 0 Å². The molecule has 0 aliphatic carbocycles. The highest BCUT2D eigenvalue weighted by molar-refractivity contribution is 5.73. The average Bonchev–Trinajstić information content (AvgIpc) is 3.29. The standard InChI is InChI=1S/C17H19N7O/c1-11-22-15(12-3-7-25-9-12)16-17(20-10-21-24(11)16)23-6-2-13-14(8-23)19-5-4-18-13/h4-5,10,12H,2-3,6-9H2,1H3. The summed E-state index contributed by atoms with van der Waals surface area (Å²) in [5, 5.41) is 4.42. The molecular formula is C17H19N7O. The van der Waals surface area contributed by atoms with E-state index in [1.54, 1.807) is 18.7 Å². The van der Waals surface area contributed by atoms with Crippen molar-refractivity contribution in [1.82, 2.24) is 29.5 Å². The minimum Gasteiger partial charge on any atom is -0.381 e. The van der Waals surface area contributed by atoms with Crippen molar-refractivity contribution < 1.29 is 4.74 Å². The van der Waals surface area contributed by atoms with E-state index in [0.717, 1.165) is 66.8 Å². The van der Waals surface area contributed by atoms with E-state index in [1.165, 1.54) is 0 Å². The quantitative estimate of drug-likeness (QED) is 0.697. The summed E-state index contributed by atoms with van der Waals surface area (Å²) >= 11 is 0. The maximum absolute atomic E-state index is 5.58. The van der Waals surface area contributed by atoms with Gasteiger partial charge in [-0.1, -0.05) is 0 Å². The van der Waals surface area contributed by atoms with Crippen molar-refractivity contribution in [3.05, 3.63) is 41.6 Å². The van der Waals surface area contributed by atoms with Gasteiger partial charge in [0.25, 0.3) is 0 Å². The summed E-state index contributed by atoms with van der Waals surface area (Å²) in [6.07, 6.45) is 6.99. The van der Waals surface area contributed by atoms with Crippen molar-refractivity contribution in [1.29, 1.82) is 0 Å². The van der Waals surface area contributed by atoms with Gasteiger partial charge in [-0.05, 0) is 13.3 Å². The van der Waals surface area contributed by atoms with E-state index < -0.39 is 0 Å². The summed E-state index contributed by atoms with van der Waals surface area (Å²) in [6.45, 7) is 5.07. The Labute approximate surface area is 144 Å². The Morgan fingerprint density at radius 2 is 2.04 bits per heavy atom. The van der Waals surface area contributed by atoms with Crippen LogP contribution >= 0.6 is 0 Å². The van der Waals surface area contributed by atoms with Crippen LogP contribution in [0.3, 0.4) is 0 Å². The van der Waals surface area contributed by atoms with Crippen molar-refractivity contribution in [2.24, 2.45) is 0 Å². The summed E-state index contributed by atoms with van der Waals surface area (Å²) in [6, 6.07) is 0. The van der Waals surface area contributed by atoms with Gasteiger partial charge in [0, 0.05) is 37.9 Å². The first-order valence-electron chi connectivity index (χ1n) is 8.63. The van der Waals surface area contributed by atoms with Crippen LogP contribution in [0.15, 0.2) is 18.7 Å². The van der Waals surface area contributed by atoms with Crippen LogP contribution in [0.2, 0.25) is 0 Å². The molecule has 3 aromatic heterocycles. The Balaban J connectivity index is 1.62. The third kappa shape index (κ3) is 2.36. The van der Waals surface area contributed by atoms with Gasteiger partial charge < -0.3 is 9.64 Å². The number of hydrogen-bond acceptors (Lipinski definition) is 7. The Hall–Kier alpha value is -2.61. The minimum absolute atomic E-state index is 0.310. The van der Waals surface area contributed by atoms with Gasteiger partial charge in [0.05, 0.1) is 30.2 Å². The van der Waals surface area contributed by atoms with Gasteiger partial charge in [-0.3, -0.25) is 9.97 Å². The number of nitrogens with zero attached hydrogens (tertiary/aromatic N) is 7. The molecule has 25 heavy (non-hydrogen) atoms. The second kappa shape index (κ2) is 5.73. The number of imidazole rings is 1. The molecule has 3 aromatic rings. The van der Waals surface area contributed by atoms with E-state index in [2.05, 4.69) is 25.0 Å². The molecule has 1 atom stereocenters. The lowest BCUT2D eigenvalue weighted by atomic mass is 10.0. The zero-order valence-corrected chi connectivity index (χ0v) is 14.1. The molecule has 1 fully saturated rings. The first-order chi connectivity index (χ1) is 12.3. The van der Waals surface area contributed by atoms with Crippen LogP contribution < -0.4 is 4.90 Å². The molecular weight excluding hydrogens is 318 g/mol. The van der Waals surface area contributed by atoms with E-state index in [1.807, 2.05) is 11.4 Å². The van der Waals surface area contributed by atoms with Crippen molar-refractivity contribution in [3.63, 3.8) is 0 Å². The van der Waals surface area contributed by atoms with Crippen molar-refractivity contribution in [2.75, 3.05) is 24.7 Å². The Morgan fingerprint density at radius 1 is 1.16 bits per heavy atom. The Morgan fingerprint density at radius 3 is 2.88 bits per heavy atom. The predicted molar refractivity (Wildman–Crippen MR) is 90.5 cm³/mol. The van der Waals surface area contributed by atoms with Gasteiger partial charge in [-0.2, -0.15) is 5.10 Å². The van der Waals surface area contributed by atoms with Gasteiger partial charge in [0.15, 0.2) is 5.82 Å². The molecule has 8 heteroatoms. The lowest BCUT2D eigenvalue weighted by molar-refractivity contribution is 0.193. The Bertz CT molecular complexity index is 932. The van der Waals surface area contributed by atoms with Crippen molar-refractivity contribution >= 4 is 11.3 Å². The lowest BCUT2D eigenvalue weighted by Crippen LogP contribution is -2.33. The highest BCUT2D eigenvalue weighted by Crippen LogP contribution is 2.33. The molecule has 2 aliphatic heterocycles. The van der Waals surface area contributed by atoms with Crippen molar-refractivity contribution in [3.8, 4) is 0 Å². The molecule has 8 nitrogen and oxygen atoms in total. The van der Waals surface area contributed by atoms with Crippen LogP contribution in [0.4, 0.5) is 5.82 Å². The third-order valence-electron chi connectivity index (χ3n) is 5.04. The van der Waals surface area contributed by atoms with E-state index in [4.69, 9.17) is 9.72 Å². The molecule has 0 N–H and O–H groups in total. The number of rotatable bonds is 2. The first-order valence-corrected chi connectivity index (χ1v) is 8.63. The van der Waals surface area contributed by atoms with E-state index in [0.29, 0.717) is 12.5 Å². The van der Waals surface area contributed by atoms with Gasteiger partial charge in [-0.25, -0.2) is 14.5 Å². The molecule has 0 saturated carbocycles. The summed E-state index contributed by atoms with van der Waals surface area (Å²) in [7, 11) is 0. The lowest BCUT2D eigenvalue weighted by Gasteiger charge is -2.28. The maximum Gasteiger partial charge on any atom is 0.158 e. The molecule has 5 heterocycles. The predicted octanol–water partition coefficient (Wildman–Crippen LogP) is 1.29. The van der Waals surface area contributed by atoms with E-state index >= 15 is 0 Å². The van der Waals surface area contributed by atoms with Crippen LogP contribution in [-0.4, -0.2) is 49.3 Å². The second-order valence-corrected chi connectivity index (χ2v) is 6.57. The fourth-order valence-corrected chi connectivity index (χ4v) is 3.77. The van der Waals surface area contributed by atoms with Gasteiger partial charge in [0.1, 0.15) is 17.7 Å². The molecule has 128 valence electrons. The van der Waals surface area contributed by atoms with Gasteiger partial charge >= 0.3 is 0 Å².